The van der Waals surface area contributed by atoms with E-state index in [1.807, 2.05) is 36.4 Å². The second-order valence-corrected chi connectivity index (χ2v) is 6.99. The number of urea groups is 1. The van der Waals surface area contributed by atoms with Gasteiger partial charge in [-0.1, -0.05) is 36.4 Å². The molecule has 1 saturated heterocycles. The molecule has 29 heavy (non-hydrogen) atoms. The fourth-order valence-electron chi connectivity index (χ4n) is 3.30. The summed E-state index contributed by atoms with van der Waals surface area (Å²) in [4.78, 5) is 38.6. The summed E-state index contributed by atoms with van der Waals surface area (Å²) in [6, 6.07) is 18.0. The summed E-state index contributed by atoms with van der Waals surface area (Å²) >= 11 is 0. The standard InChI is InChI=1S/C22H26N4O3/c27-20(17-8-3-1-4-9-17)23-13-14-24-21(28)18-10-7-15-26(16-18)22(29)25-19-11-5-2-6-12-19/h1-6,8-9,11-12,18H,7,10,13-16H2,(H,23,27)(H,24,28)(H,25,29). The lowest BCUT2D eigenvalue weighted by Crippen LogP contribution is -2.47. The molecule has 7 nitrogen and oxygen atoms in total. The van der Waals surface area contributed by atoms with Gasteiger partial charge in [0.25, 0.3) is 5.91 Å². The van der Waals surface area contributed by atoms with Crippen molar-refractivity contribution >= 4 is 23.5 Å². The number of likely N-dealkylation sites (tertiary alicyclic amines) is 1. The molecule has 1 atom stereocenters. The monoisotopic (exact) mass is 394 g/mol. The molecule has 0 spiro atoms. The van der Waals surface area contributed by atoms with Gasteiger partial charge >= 0.3 is 6.03 Å². The highest BCUT2D eigenvalue weighted by Crippen LogP contribution is 2.18. The molecule has 0 bridgehead atoms. The minimum absolute atomic E-state index is 0.0869. The van der Waals surface area contributed by atoms with Crippen LogP contribution >= 0.6 is 0 Å². The first-order chi connectivity index (χ1) is 14.1. The Labute approximate surface area is 170 Å². The second kappa shape index (κ2) is 10.3. The normalized spacial score (nSPS) is 16.0. The Balaban J connectivity index is 1.40. The molecular formula is C22H26N4O3. The molecule has 4 amide bonds. The number of amides is 4. The van der Waals surface area contributed by atoms with Crippen molar-refractivity contribution in [1.29, 1.82) is 0 Å². The number of nitrogens with zero attached hydrogens (tertiary/aromatic N) is 1. The first kappa shape index (κ1) is 20.4. The van der Waals surface area contributed by atoms with Gasteiger partial charge in [-0.25, -0.2) is 4.79 Å². The zero-order valence-corrected chi connectivity index (χ0v) is 16.3. The van der Waals surface area contributed by atoms with Crippen LogP contribution in [0.2, 0.25) is 0 Å². The van der Waals surface area contributed by atoms with Crippen LogP contribution in [0.4, 0.5) is 10.5 Å². The highest BCUT2D eigenvalue weighted by molar-refractivity contribution is 5.94. The van der Waals surface area contributed by atoms with E-state index in [0.717, 1.165) is 18.5 Å². The van der Waals surface area contributed by atoms with E-state index in [9.17, 15) is 14.4 Å². The minimum atomic E-state index is -0.241. The van der Waals surface area contributed by atoms with Crippen molar-refractivity contribution in [3.8, 4) is 0 Å². The van der Waals surface area contributed by atoms with Gasteiger partial charge in [-0.3, -0.25) is 9.59 Å². The van der Waals surface area contributed by atoms with Crippen molar-refractivity contribution in [2.24, 2.45) is 5.92 Å². The van der Waals surface area contributed by atoms with Crippen molar-refractivity contribution in [3.05, 3.63) is 66.2 Å². The van der Waals surface area contributed by atoms with Gasteiger partial charge in [0.15, 0.2) is 0 Å². The van der Waals surface area contributed by atoms with Gasteiger partial charge in [0.05, 0.1) is 5.92 Å². The van der Waals surface area contributed by atoms with E-state index in [1.165, 1.54) is 0 Å². The molecular weight excluding hydrogens is 368 g/mol. The molecule has 1 aliphatic rings. The van der Waals surface area contributed by atoms with E-state index in [2.05, 4.69) is 16.0 Å². The highest BCUT2D eigenvalue weighted by atomic mass is 16.2. The second-order valence-electron chi connectivity index (χ2n) is 6.99. The van der Waals surface area contributed by atoms with Crippen molar-refractivity contribution in [2.75, 3.05) is 31.5 Å². The number of carbonyl (C=O) groups is 3. The largest absolute Gasteiger partial charge is 0.354 e. The average molecular weight is 394 g/mol. The molecule has 2 aromatic carbocycles. The third-order valence-corrected chi connectivity index (χ3v) is 4.85. The number of nitrogens with one attached hydrogen (secondary N) is 3. The van der Waals surface area contributed by atoms with Crippen LogP contribution in [0.1, 0.15) is 23.2 Å². The maximum atomic E-state index is 12.5. The van der Waals surface area contributed by atoms with Crippen molar-refractivity contribution in [1.82, 2.24) is 15.5 Å². The number of hydrogen-bond donors (Lipinski definition) is 3. The van der Waals surface area contributed by atoms with Crippen LogP contribution in [0, 0.1) is 5.92 Å². The summed E-state index contributed by atoms with van der Waals surface area (Å²) in [5.74, 6) is -0.493. The SMILES string of the molecule is O=C(NCCNC(=O)C1CCCN(C(=O)Nc2ccccc2)C1)c1ccccc1. The van der Waals surface area contributed by atoms with E-state index < -0.39 is 0 Å². The molecule has 7 heteroatoms. The fraction of sp³-hybridized carbons (Fsp3) is 0.318. The summed E-state index contributed by atoms with van der Waals surface area (Å²) < 4.78 is 0. The Morgan fingerprint density at radius 3 is 2.28 bits per heavy atom. The number of benzene rings is 2. The number of carbonyl (C=O) groups excluding carboxylic acids is 3. The Kier molecular flexibility index (Phi) is 7.22. The van der Waals surface area contributed by atoms with Crippen molar-refractivity contribution in [2.45, 2.75) is 12.8 Å². The lowest BCUT2D eigenvalue weighted by molar-refractivity contribution is -0.126. The predicted molar refractivity (Wildman–Crippen MR) is 112 cm³/mol. The molecule has 0 aliphatic carbocycles. The maximum Gasteiger partial charge on any atom is 0.321 e. The third-order valence-electron chi connectivity index (χ3n) is 4.85. The summed E-state index contributed by atoms with van der Waals surface area (Å²) in [6.45, 7) is 1.73. The van der Waals surface area contributed by atoms with E-state index in [0.29, 0.717) is 31.7 Å². The van der Waals surface area contributed by atoms with Gasteiger partial charge in [0.2, 0.25) is 5.91 Å². The number of hydrogen-bond acceptors (Lipinski definition) is 3. The van der Waals surface area contributed by atoms with Crippen LogP contribution in [0.5, 0.6) is 0 Å². The maximum absolute atomic E-state index is 12.5. The van der Waals surface area contributed by atoms with E-state index in [1.54, 1.807) is 29.2 Å². The molecule has 0 saturated carbocycles. The van der Waals surface area contributed by atoms with Gasteiger partial charge in [0.1, 0.15) is 0 Å². The first-order valence-electron chi connectivity index (χ1n) is 9.85. The lowest BCUT2D eigenvalue weighted by Gasteiger charge is -2.32. The van der Waals surface area contributed by atoms with Gasteiger partial charge in [-0.15, -0.1) is 0 Å². The number of anilines is 1. The summed E-state index contributed by atoms with van der Waals surface area (Å²) in [5.41, 5.74) is 1.32. The molecule has 0 aromatic heterocycles. The summed E-state index contributed by atoms with van der Waals surface area (Å²) in [7, 11) is 0. The summed E-state index contributed by atoms with van der Waals surface area (Å²) in [5, 5.41) is 8.50. The topological polar surface area (TPSA) is 90.5 Å². The van der Waals surface area contributed by atoms with E-state index in [4.69, 9.17) is 0 Å². The fourth-order valence-corrected chi connectivity index (χ4v) is 3.30. The molecule has 1 unspecified atom stereocenters. The number of rotatable bonds is 6. The van der Waals surface area contributed by atoms with Crippen molar-refractivity contribution < 1.29 is 14.4 Å². The molecule has 1 heterocycles. The van der Waals surface area contributed by atoms with Gasteiger partial charge in [-0.05, 0) is 37.1 Å². The molecule has 152 valence electrons. The van der Waals surface area contributed by atoms with Gasteiger partial charge in [-0.2, -0.15) is 0 Å². The number of piperidine rings is 1. The minimum Gasteiger partial charge on any atom is -0.354 e. The van der Waals surface area contributed by atoms with Crippen LogP contribution in [0.15, 0.2) is 60.7 Å². The molecule has 3 N–H and O–H groups in total. The van der Waals surface area contributed by atoms with E-state index in [-0.39, 0.29) is 23.8 Å². The van der Waals surface area contributed by atoms with Crippen molar-refractivity contribution in [3.63, 3.8) is 0 Å². The summed E-state index contributed by atoms with van der Waals surface area (Å²) in [6.07, 6.45) is 1.53. The molecule has 1 aliphatic heterocycles. The third kappa shape index (κ3) is 6.07. The molecule has 3 rings (SSSR count). The van der Waals surface area contributed by atoms with Crippen LogP contribution in [-0.4, -0.2) is 48.9 Å². The van der Waals surface area contributed by atoms with Gasteiger partial charge in [0, 0.05) is 37.4 Å². The van der Waals surface area contributed by atoms with Crippen LogP contribution in [-0.2, 0) is 4.79 Å². The Morgan fingerprint density at radius 2 is 1.55 bits per heavy atom. The van der Waals surface area contributed by atoms with Crippen LogP contribution in [0.25, 0.3) is 0 Å². The van der Waals surface area contributed by atoms with Gasteiger partial charge < -0.3 is 20.9 Å². The molecule has 1 fully saturated rings. The Bertz CT molecular complexity index is 826. The lowest BCUT2D eigenvalue weighted by atomic mass is 9.97. The first-order valence-corrected chi connectivity index (χ1v) is 9.85. The Hall–Kier alpha value is -3.35. The van der Waals surface area contributed by atoms with E-state index >= 15 is 0 Å². The smallest absolute Gasteiger partial charge is 0.321 e. The highest BCUT2D eigenvalue weighted by Gasteiger charge is 2.28. The average Bonchev–Trinajstić information content (AvgIpc) is 2.77. The van der Waals surface area contributed by atoms with Crippen LogP contribution in [0.3, 0.4) is 0 Å². The Morgan fingerprint density at radius 1 is 0.897 bits per heavy atom. The quantitative estimate of drug-likeness (QED) is 0.658. The van der Waals surface area contributed by atoms with Crippen LogP contribution < -0.4 is 16.0 Å². The zero-order valence-electron chi connectivity index (χ0n) is 16.3. The zero-order chi connectivity index (χ0) is 20.5. The molecule has 0 radical (unpaired) electrons. The molecule has 2 aromatic rings. The predicted octanol–water partition coefficient (Wildman–Crippen LogP) is 2.48. The number of para-hydroxylation sites is 1.